The molecule has 0 aliphatic carbocycles. The van der Waals surface area contributed by atoms with Crippen LogP contribution in [0.1, 0.15) is 37.4 Å². The van der Waals surface area contributed by atoms with Crippen LogP contribution in [0.5, 0.6) is 46.0 Å². The molecule has 17 nitrogen and oxygen atoms in total. The Bertz CT molecular complexity index is 2350. The van der Waals surface area contributed by atoms with Crippen LogP contribution in [0.25, 0.3) is 22.3 Å². The summed E-state index contributed by atoms with van der Waals surface area (Å²) in [4.78, 5) is 40.4. The molecule has 5 aromatic rings. The first-order chi connectivity index (χ1) is 25.9. The van der Waals surface area contributed by atoms with Gasteiger partial charge in [-0.1, -0.05) is 0 Å². The highest BCUT2D eigenvalue weighted by Gasteiger charge is 2.49. The smallest absolute Gasteiger partial charge is 0.339 e. The number of phenolic OH excluding ortho intramolecular Hbond substituents is 7. The van der Waals surface area contributed by atoms with E-state index < -0.39 is 117 Å². The Morgan fingerprint density at radius 3 is 2.00 bits per heavy atom. The molecule has 6 rings (SSSR count). The SMILES string of the molecule is Cc1cc(C(=O)OC[C@H]2O[C@@H](Oc3c(-c4ccc(O)c(O)c4)oc4cc(O)cc(O)c4c3=O)[C@H](OC(=O)c3cc(O)c(O)c(O)c3)[C@@H](O)[C@@H]2O)cc(C)c1C. The second-order valence-corrected chi connectivity index (χ2v) is 12.8. The molecular formula is C38H34O17. The van der Waals surface area contributed by atoms with Crippen molar-refractivity contribution in [3.05, 3.63) is 92.6 Å². The lowest BCUT2D eigenvalue weighted by atomic mass is 9.98. The van der Waals surface area contributed by atoms with Crippen LogP contribution >= 0.6 is 0 Å². The van der Waals surface area contributed by atoms with Gasteiger partial charge in [-0.25, -0.2) is 9.59 Å². The van der Waals surface area contributed by atoms with Gasteiger partial charge in [-0.05, 0) is 79.9 Å². The molecule has 0 unspecified atom stereocenters. The van der Waals surface area contributed by atoms with Crippen LogP contribution in [-0.4, -0.2) is 95.2 Å². The lowest BCUT2D eigenvalue weighted by Crippen LogP contribution is -2.61. The van der Waals surface area contributed by atoms with E-state index in [0.29, 0.717) is 0 Å². The average molecular weight is 763 g/mol. The second-order valence-electron chi connectivity index (χ2n) is 12.8. The summed E-state index contributed by atoms with van der Waals surface area (Å²) in [5.41, 5.74) is 0.596. The molecule has 9 N–H and O–H groups in total. The number of phenols is 7. The molecule has 0 saturated carbocycles. The number of carbonyl (C=O) groups excluding carboxylic acids is 2. The van der Waals surface area contributed by atoms with Crippen molar-refractivity contribution < 1.29 is 78.9 Å². The lowest BCUT2D eigenvalue weighted by Gasteiger charge is -2.41. The number of esters is 2. The molecule has 0 amide bonds. The quantitative estimate of drug-likeness (QED) is 0.0810. The molecule has 2 heterocycles. The number of carbonyl (C=O) groups is 2. The summed E-state index contributed by atoms with van der Waals surface area (Å²) in [7, 11) is 0. The molecule has 0 bridgehead atoms. The summed E-state index contributed by atoms with van der Waals surface area (Å²) in [5.74, 6) is -8.72. The summed E-state index contributed by atoms with van der Waals surface area (Å²) < 4.78 is 28.5. The zero-order valence-corrected chi connectivity index (χ0v) is 29.1. The maximum absolute atomic E-state index is 14.1. The van der Waals surface area contributed by atoms with Crippen molar-refractivity contribution >= 4 is 22.9 Å². The van der Waals surface area contributed by atoms with E-state index in [-0.39, 0.29) is 16.7 Å². The monoisotopic (exact) mass is 762 g/mol. The topological polar surface area (TPSA) is 283 Å². The van der Waals surface area contributed by atoms with Crippen molar-refractivity contribution in [1.82, 2.24) is 0 Å². The van der Waals surface area contributed by atoms with E-state index >= 15 is 0 Å². The molecule has 1 aromatic heterocycles. The van der Waals surface area contributed by atoms with Gasteiger partial charge in [0.25, 0.3) is 0 Å². The Labute approximate surface area is 309 Å². The predicted molar refractivity (Wildman–Crippen MR) is 187 cm³/mol. The average Bonchev–Trinajstić information content (AvgIpc) is 3.13. The lowest BCUT2D eigenvalue weighted by molar-refractivity contribution is -0.276. The number of hydrogen-bond acceptors (Lipinski definition) is 17. The third kappa shape index (κ3) is 7.30. The first-order valence-corrected chi connectivity index (χ1v) is 16.4. The van der Waals surface area contributed by atoms with Crippen LogP contribution in [0.3, 0.4) is 0 Å². The number of fused-ring (bicyclic) bond motifs is 1. The normalized spacial score (nSPS) is 19.5. The van der Waals surface area contributed by atoms with Crippen LogP contribution in [0.4, 0.5) is 0 Å². The van der Waals surface area contributed by atoms with Crippen molar-refractivity contribution in [3.63, 3.8) is 0 Å². The van der Waals surface area contributed by atoms with Crippen LogP contribution in [0.2, 0.25) is 0 Å². The van der Waals surface area contributed by atoms with E-state index in [1.54, 1.807) is 26.0 Å². The molecule has 5 atom stereocenters. The van der Waals surface area contributed by atoms with Gasteiger partial charge in [-0.15, -0.1) is 0 Å². The van der Waals surface area contributed by atoms with Crippen molar-refractivity contribution in [2.24, 2.45) is 0 Å². The molecular weight excluding hydrogens is 728 g/mol. The molecule has 1 aliphatic rings. The molecule has 0 radical (unpaired) electrons. The molecule has 55 heavy (non-hydrogen) atoms. The number of ether oxygens (including phenoxy) is 4. The van der Waals surface area contributed by atoms with Crippen LogP contribution in [-0.2, 0) is 14.2 Å². The van der Waals surface area contributed by atoms with Gasteiger partial charge in [0.15, 0.2) is 40.6 Å². The largest absolute Gasteiger partial charge is 0.508 e. The number of benzene rings is 4. The minimum absolute atomic E-state index is 0.110. The highest BCUT2D eigenvalue weighted by atomic mass is 16.7. The number of aliphatic hydroxyl groups excluding tert-OH is 2. The zero-order valence-electron chi connectivity index (χ0n) is 29.1. The third-order valence-corrected chi connectivity index (χ3v) is 9.12. The molecule has 0 spiro atoms. The van der Waals surface area contributed by atoms with Gasteiger partial charge < -0.3 is 69.3 Å². The first kappa shape index (κ1) is 38.0. The number of aliphatic hydroxyl groups is 2. The van der Waals surface area contributed by atoms with Crippen molar-refractivity contribution in [2.45, 2.75) is 51.5 Å². The fourth-order valence-electron chi connectivity index (χ4n) is 5.92. The Balaban J connectivity index is 1.42. The molecule has 288 valence electrons. The van der Waals surface area contributed by atoms with Crippen molar-refractivity contribution in [3.8, 4) is 57.3 Å². The third-order valence-electron chi connectivity index (χ3n) is 9.12. The molecule has 1 fully saturated rings. The van der Waals surface area contributed by atoms with E-state index in [9.17, 15) is 60.3 Å². The molecule has 17 heteroatoms. The number of hydrogen-bond donors (Lipinski definition) is 9. The van der Waals surface area contributed by atoms with E-state index in [4.69, 9.17) is 23.4 Å². The number of aryl methyl sites for hydroxylation is 2. The van der Waals surface area contributed by atoms with E-state index in [2.05, 4.69) is 0 Å². The van der Waals surface area contributed by atoms with Gasteiger partial charge in [0, 0.05) is 17.7 Å². The maximum Gasteiger partial charge on any atom is 0.339 e. The van der Waals surface area contributed by atoms with Crippen molar-refractivity contribution in [1.29, 1.82) is 0 Å². The zero-order chi connectivity index (χ0) is 40.0. The summed E-state index contributed by atoms with van der Waals surface area (Å²) in [6.45, 7) is 4.76. The van der Waals surface area contributed by atoms with Crippen LogP contribution < -0.4 is 10.2 Å². The second kappa shape index (κ2) is 14.6. The van der Waals surface area contributed by atoms with E-state index in [0.717, 1.165) is 53.1 Å². The van der Waals surface area contributed by atoms with E-state index in [1.165, 1.54) is 6.07 Å². The predicted octanol–water partition coefficient (Wildman–Crippen LogP) is 3.23. The minimum Gasteiger partial charge on any atom is -0.508 e. The fourth-order valence-corrected chi connectivity index (χ4v) is 5.92. The minimum atomic E-state index is -2.12. The number of aromatic hydroxyl groups is 7. The van der Waals surface area contributed by atoms with Gasteiger partial charge >= 0.3 is 11.9 Å². The highest BCUT2D eigenvalue weighted by Crippen LogP contribution is 2.40. The van der Waals surface area contributed by atoms with Crippen molar-refractivity contribution in [2.75, 3.05) is 6.61 Å². The first-order valence-electron chi connectivity index (χ1n) is 16.4. The highest BCUT2D eigenvalue weighted by molar-refractivity contribution is 5.92. The summed E-state index contributed by atoms with van der Waals surface area (Å²) in [6, 6.07) is 9.69. The van der Waals surface area contributed by atoms with Gasteiger partial charge in [0.2, 0.25) is 17.5 Å². The molecule has 1 aliphatic heterocycles. The fraction of sp³-hybridized carbons (Fsp3) is 0.237. The Morgan fingerprint density at radius 1 is 0.727 bits per heavy atom. The Hall–Kier alpha value is -6.69. The van der Waals surface area contributed by atoms with Gasteiger partial charge in [-0.2, -0.15) is 0 Å². The summed E-state index contributed by atoms with van der Waals surface area (Å²) >= 11 is 0. The maximum atomic E-state index is 14.1. The Kier molecular flexibility index (Phi) is 10.1. The standard InChI is InChI=1S/C38H34O17/c1-14-6-18(7-15(2)16(14)3)36(49)51-13-27-30(46)32(48)35(54-37(50)19-9-24(43)29(45)25(44)10-19)38(53-27)55-34-31(47)28-23(42)11-20(39)12-26(28)52-33(34)17-4-5-21(40)22(41)8-17/h4-12,27,30,32,35,38-46,48H,13H2,1-3H3/t27-,30-,32+,35-,38+/m1/s1. The van der Waals surface area contributed by atoms with Crippen LogP contribution in [0, 0.1) is 20.8 Å². The molecule has 1 saturated heterocycles. The van der Waals surface area contributed by atoms with Gasteiger partial charge in [0.05, 0.1) is 11.1 Å². The summed E-state index contributed by atoms with van der Waals surface area (Å²) in [6.07, 6.45) is -9.83. The van der Waals surface area contributed by atoms with Crippen LogP contribution in [0.15, 0.2) is 63.8 Å². The number of rotatable bonds is 8. The Morgan fingerprint density at radius 2 is 1.36 bits per heavy atom. The van der Waals surface area contributed by atoms with Gasteiger partial charge in [0.1, 0.15) is 47.4 Å². The molecule has 4 aromatic carbocycles. The van der Waals surface area contributed by atoms with E-state index in [1.807, 2.05) is 6.92 Å². The summed E-state index contributed by atoms with van der Waals surface area (Å²) in [5, 5.41) is 92.5. The van der Waals surface area contributed by atoms with Gasteiger partial charge in [-0.3, -0.25) is 4.79 Å².